The fourth-order valence-corrected chi connectivity index (χ4v) is 4.56. The number of aliphatic hydroxyl groups is 1. The van der Waals surface area contributed by atoms with Crippen LogP contribution in [0.4, 0.5) is 34.6 Å². The van der Waals surface area contributed by atoms with Gasteiger partial charge in [-0.3, -0.25) is 9.63 Å². The number of rotatable bonds is 10. The number of aryl methyl sites for hydroxylation is 1. The molecule has 1 aliphatic carbocycles. The molecule has 0 heterocycles. The molecular weight excluding hydrogens is 510 g/mol. The maximum atomic E-state index is 15.3. The lowest BCUT2D eigenvalue weighted by atomic mass is 9.99. The third kappa shape index (κ3) is 5.84. The number of amides is 1. The molecule has 37 heavy (non-hydrogen) atoms. The summed E-state index contributed by atoms with van der Waals surface area (Å²) >= 11 is 1.21. The second-order valence-electron chi connectivity index (χ2n) is 8.83. The minimum absolute atomic E-state index is 0.0460. The van der Waals surface area contributed by atoms with Crippen LogP contribution in [0.25, 0.3) is 0 Å². The summed E-state index contributed by atoms with van der Waals surface area (Å²) in [4.78, 5) is 17.3. The number of aliphatic hydroxyl groups excluding tert-OH is 1. The molecular formula is C26H25F4N3O3S. The Bertz CT molecular complexity index is 1330. The fraction of sp³-hybridized carbons (Fsp3) is 0.269. The van der Waals surface area contributed by atoms with Gasteiger partial charge in [0.05, 0.1) is 41.1 Å². The summed E-state index contributed by atoms with van der Waals surface area (Å²) in [6, 6.07) is 9.65. The van der Waals surface area contributed by atoms with Gasteiger partial charge in [-0.25, -0.2) is 23.0 Å². The van der Waals surface area contributed by atoms with Gasteiger partial charge < -0.3 is 15.1 Å². The summed E-state index contributed by atoms with van der Waals surface area (Å²) in [6.07, 6.45) is 1.23. The number of carbonyl (C=O) groups excluding carboxylic acids is 1. The lowest BCUT2D eigenvalue weighted by molar-refractivity contribution is 0.0538. The molecule has 0 aliphatic heterocycles. The van der Waals surface area contributed by atoms with Crippen LogP contribution in [0.3, 0.4) is 0 Å². The first kappa shape index (κ1) is 26.8. The predicted octanol–water partition coefficient (Wildman–Crippen LogP) is 5.76. The van der Waals surface area contributed by atoms with Crippen LogP contribution in [0.1, 0.15) is 39.9 Å². The van der Waals surface area contributed by atoms with Gasteiger partial charge >= 0.3 is 0 Å². The zero-order valence-electron chi connectivity index (χ0n) is 20.1. The molecule has 1 aliphatic rings. The SMILES string of the molecule is CONC(=O)c1cc(Cc2cccc(NSC3(CO)CC3)c2F)c(F)c(F)c1Nc1ccc(C)cc1F. The Morgan fingerprint density at radius 1 is 1.03 bits per heavy atom. The molecule has 0 saturated heterocycles. The van der Waals surface area contributed by atoms with Crippen LogP contribution in [0.15, 0.2) is 42.5 Å². The third-order valence-corrected chi connectivity index (χ3v) is 7.33. The number of anilines is 3. The highest BCUT2D eigenvalue weighted by Gasteiger charge is 2.43. The normalized spacial score (nSPS) is 13.8. The highest BCUT2D eigenvalue weighted by Crippen LogP contribution is 2.48. The Morgan fingerprint density at radius 2 is 1.78 bits per heavy atom. The summed E-state index contributed by atoms with van der Waals surface area (Å²) in [6.45, 7) is 1.62. The molecule has 0 bridgehead atoms. The van der Waals surface area contributed by atoms with E-state index < -0.39 is 34.9 Å². The van der Waals surface area contributed by atoms with Gasteiger partial charge in [-0.2, -0.15) is 0 Å². The first-order valence-electron chi connectivity index (χ1n) is 11.4. The number of hydroxylamine groups is 1. The van der Waals surface area contributed by atoms with E-state index in [2.05, 4.69) is 14.9 Å². The number of halogens is 4. The van der Waals surface area contributed by atoms with E-state index in [1.54, 1.807) is 19.1 Å². The van der Waals surface area contributed by atoms with Gasteiger partial charge in [-0.1, -0.05) is 18.2 Å². The molecule has 1 amide bonds. The molecule has 4 rings (SSSR count). The summed E-state index contributed by atoms with van der Waals surface area (Å²) in [5, 5.41) is 11.9. The van der Waals surface area contributed by atoms with Crippen molar-refractivity contribution in [3.8, 4) is 0 Å². The van der Waals surface area contributed by atoms with Gasteiger partial charge in [-0.05, 0) is 72.7 Å². The van der Waals surface area contributed by atoms with Crippen molar-refractivity contribution in [1.82, 2.24) is 5.48 Å². The van der Waals surface area contributed by atoms with Crippen molar-refractivity contribution < 1.29 is 32.3 Å². The Labute approximate surface area is 215 Å². The Hall–Kier alpha value is -3.28. The van der Waals surface area contributed by atoms with Crippen molar-refractivity contribution in [3.05, 3.63) is 88.0 Å². The topological polar surface area (TPSA) is 82.6 Å². The van der Waals surface area contributed by atoms with Gasteiger partial charge in [-0.15, -0.1) is 0 Å². The minimum atomic E-state index is -1.43. The molecule has 1 fully saturated rings. The van der Waals surface area contributed by atoms with Gasteiger partial charge in [0.2, 0.25) is 0 Å². The zero-order chi connectivity index (χ0) is 26.7. The minimum Gasteiger partial charge on any atom is -0.395 e. The number of hydrogen-bond donors (Lipinski definition) is 4. The lowest BCUT2D eigenvalue weighted by Crippen LogP contribution is -2.24. The van der Waals surface area contributed by atoms with Gasteiger partial charge in [0, 0.05) is 6.42 Å². The van der Waals surface area contributed by atoms with E-state index in [4.69, 9.17) is 0 Å². The van der Waals surface area contributed by atoms with Crippen LogP contribution in [0.5, 0.6) is 0 Å². The standard InChI is InChI=1S/C26H25F4N3O3S/c1-14-6-7-19(18(27)10-14)31-24-17(25(35)32-36-2)12-16(22(29)23(24)30)11-15-4-3-5-20(21(15)28)33-37-26(13-34)8-9-26/h3-7,10,12,31,33-34H,8-9,11,13H2,1-2H3,(H,32,35). The molecule has 0 unspecified atom stereocenters. The van der Waals surface area contributed by atoms with Crippen molar-refractivity contribution in [2.45, 2.75) is 30.9 Å². The summed E-state index contributed by atoms with van der Waals surface area (Å²) in [5.41, 5.74) is 1.44. The van der Waals surface area contributed by atoms with E-state index in [1.165, 1.54) is 43.3 Å². The van der Waals surface area contributed by atoms with E-state index in [-0.39, 0.29) is 45.8 Å². The lowest BCUT2D eigenvalue weighted by Gasteiger charge is -2.17. The maximum Gasteiger partial charge on any atom is 0.277 e. The maximum absolute atomic E-state index is 15.3. The van der Waals surface area contributed by atoms with E-state index in [1.807, 2.05) is 5.48 Å². The molecule has 1 saturated carbocycles. The van der Waals surface area contributed by atoms with Crippen LogP contribution in [0, 0.1) is 30.2 Å². The number of carbonyl (C=O) groups is 1. The molecule has 196 valence electrons. The molecule has 3 aromatic rings. The predicted molar refractivity (Wildman–Crippen MR) is 135 cm³/mol. The van der Waals surface area contributed by atoms with Gasteiger partial charge in [0.1, 0.15) is 5.82 Å². The number of nitrogens with one attached hydrogen (secondary N) is 3. The fourth-order valence-electron chi connectivity index (χ4n) is 3.71. The molecule has 0 spiro atoms. The molecule has 6 nitrogen and oxygen atoms in total. The van der Waals surface area contributed by atoms with Crippen molar-refractivity contribution >= 4 is 34.9 Å². The number of hydrogen-bond acceptors (Lipinski definition) is 6. The Kier molecular flexibility index (Phi) is 7.96. The summed E-state index contributed by atoms with van der Waals surface area (Å²) in [7, 11) is 1.17. The van der Waals surface area contributed by atoms with E-state index in [0.29, 0.717) is 5.56 Å². The Morgan fingerprint density at radius 3 is 2.43 bits per heavy atom. The highest BCUT2D eigenvalue weighted by atomic mass is 32.2. The second kappa shape index (κ2) is 11.0. The van der Waals surface area contributed by atoms with Crippen LogP contribution >= 0.6 is 11.9 Å². The third-order valence-electron chi connectivity index (χ3n) is 6.04. The second-order valence-corrected chi connectivity index (χ2v) is 10.1. The summed E-state index contributed by atoms with van der Waals surface area (Å²) in [5.74, 6) is -5.05. The monoisotopic (exact) mass is 535 g/mol. The van der Waals surface area contributed by atoms with Crippen molar-refractivity contribution in [2.24, 2.45) is 0 Å². The molecule has 0 atom stereocenters. The number of benzene rings is 3. The van der Waals surface area contributed by atoms with Gasteiger partial charge in [0.25, 0.3) is 5.91 Å². The molecule has 4 N–H and O–H groups in total. The Balaban J connectivity index is 1.68. The van der Waals surface area contributed by atoms with Crippen molar-refractivity contribution in [3.63, 3.8) is 0 Å². The van der Waals surface area contributed by atoms with Crippen molar-refractivity contribution in [1.29, 1.82) is 0 Å². The molecule has 3 aromatic carbocycles. The van der Waals surface area contributed by atoms with Crippen LogP contribution < -0.4 is 15.5 Å². The smallest absolute Gasteiger partial charge is 0.277 e. The first-order chi connectivity index (χ1) is 17.7. The van der Waals surface area contributed by atoms with Crippen LogP contribution in [0.2, 0.25) is 0 Å². The largest absolute Gasteiger partial charge is 0.395 e. The van der Waals surface area contributed by atoms with Crippen LogP contribution in [-0.4, -0.2) is 29.5 Å². The van der Waals surface area contributed by atoms with E-state index in [0.717, 1.165) is 18.9 Å². The average molecular weight is 536 g/mol. The quantitative estimate of drug-likeness (QED) is 0.150. The highest BCUT2D eigenvalue weighted by molar-refractivity contribution is 8.02. The van der Waals surface area contributed by atoms with Crippen molar-refractivity contribution in [2.75, 3.05) is 23.8 Å². The van der Waals surface area contributed by atoms with E-state index in [9.17, 15) is 14.3 Å². The average Bonchev–Trinajstić information content (AvgIpc) is 3.66. The molecule has 11 heteroatoms. The first-order valence-corrected chi connectivity index (χ1v) is 12.2. The molecule has 0 radical (unpaired) electrons. The van der Waals surface area contributed by atoms with E-state index >= 15 is 13.2 Å². The summed E-state index contributed by atoms with van der Waals surface area (Å²) < 4.78 is 62.6. The zero-order valence-corrected chi connectivity index (χ0v) is 20.9. The van der Waals surface area contributed by atoms with Gasteiger partial charge in [0.15, 0.2) is 17.5 Å². The molecule has 0 aromatic heterocycles. The van der Waals surface area contributed by atoms with Crippen LogP contribution in [-0.2, 0) is 11.3 Å².